The van der Waals surface area contributed by atoms with Gasteiger partial charge in [0.2, 0.25) is 11.8 Å². The van der Waals surface area contributed by atoms with E-state index in [1.54, 1.807) is 0 Å². The molecule has 0 aliphatic heterocycles. The van der Waals surface area contributed by atoms with Crippen molar-refractivity contribution >= 4 is 29.1 Å². The van der Waals surface area contributed by atoms with Gasteiger partial charge in [0.25, 0.3) is 11.5 Å². The van der Waals surface area contributed by atoms with E-state index >= 15 is 0 Å². The smallest absolute Gasteiger partial charge is 0.351 e. The highest BCUT2D eigenvalue weighted by molar-refractivity contribution is 6.32. The van der Waals surface area contributed by atoms with Crippen LogP contribution >= 0.6 is 11.6 Å². The first-order chi connectivity index (χ1) is 17.7. The zero-order valence-electron chi connectivity index (χ0n) is 20.2. The Morgan fingerprint density at radius 2 is 1.65 bits per heavy atom. The van der Waals surface area contributed by atoms with Gasteiger partial charge in [-0.15, -0.1) is 0 Å². The number of alkyl halides is 7. The molecule has 2 aliphatic carbocycles. The molecule has 0 saturated heterocycles. The standard InChI is InChI=1S/C24H23ClF6N4O2/c25-19(26)21(37)35(17-3-1-15(2-4-17)22(9-10-22)24(29,30)31)18(14-11-32-13-33-12-14)20(36)34-16-5-7-23(27,28)8-6-16/h1-4,11-13,16,18-19H,5-10H2,(H,34,36)/t18-,19+/m1/s1/i18D. The molecule has 37 heavy (non-hydrogen) atoms. The molecule has 13 heteroatoms. The molecule has 2 saturated carbocycles. The molecule has 0 bridgehead atoms. The van der Waals surface area contributed by atoms with Gasteiger partial charge in [0.05, 0.1) is 6.79 Å². The van der Waals surface area contributed by atoms with E-state index < -0.39 is 59.9 Å². The number of halogens is 7. The van der Waals surface area contributed by atoms with Crippen molar-refractivity contribution in [3.05, 3.63) is 54.1 Å². The van der Waals surface area contributed by atoms with Crippen LogP contribution in [0.3, 0.4) is 0 Å². The summed E-state index contributed by atoms with van der Waals surface area (Å²) in [5, 5.41) is 2.48. The molecule has 1 aromatic heterocycles. The third-order valence-corrected chi connectivity index (χ3v) is 6.89. The Bertz CT molecular complexity index is 1170. The number of anilines is 1. The molecule has 200 valence electrons. The number of hydrogen-bond acceptors (Lipinski definition) is 4. The van der Waals surface area contributed by atoms with Crippen molar-refractivity contribution in [3.8, 4) is 0 Å². The largest absolute Gasteiger partial charge is 0.398 e. The summed E-state index contributed by atoms with van der Waals surface area (Å²) >= 11 is 5.43. The van der Waals surface area contributed by atoms with Crippen LogP contribution in [0.15, 0.2) is 43.0 Å². The van der Waals surface area contributed by atoms with Gasteiger partial charge in [-0.05, 0) is 43.4 Å². The molecule has 6 nitrogen and oxygen atoms in total. The molecule has 2 aromatic rings. The summed E-state index contributed by atoms with van der Waals surface area (Å²) < 4.78 is 91.3. The Morgan fingerprint density at radius 3 is 2.14 bits per heavy atom. The molecule has 0 spiro atoms. The topological polar surface area (TPSA) is 75.2 Å². The lowest BCUT2D eigenvalue weighted by Gasteiger charge is -2.34. The molecule has 1 heterocycles. The summed E-state index contributed by atoms with van der Waals surface area (Å²) in [6.07, 6.45) is -2.83. The first kappa shape index (κ1) is 25.7. The number of amides is 2. The van der Waals surface area contributed by atoms with Crippen LogP contribution in [0, 0.1) is 0 Å². The van der Waals surface area contributed by atoms with Gasteiger partial charge in [0.1, 0.15) is 12.3 Å². The van der Waals surface area contributed by atoms with Crippen molar-refractivity contribution < 1.29 is 37.3 Å². The van der Waals surface area contributed by atoms with Gasteiger partial charge >= 0.3 is 6.18 Å². The summed E-state index contributed by atoms with van der Waals surface area (Å²) in [5.41, 5.74) is -5.43. The normalized spacial score (nSPS) is 21.8. The molecule has 2 aliphatic rings. The Hall–Kier alpha value is -2.89. The summed E-state index contributed by atoms with van der Waals surface area (Å²) in [6, 6.07) is 0.774. The van der Waals surface area contributed by atoms with E-state index in [1.807, 2.05) is 0 Å². The predicted octanol–water partition coefficient (Wildman–Crippen LogP) is 5.37. The third-order valence-electron chi connectivity index (χ3n) is 6.70. The van der Waals surface area contributed by atoms with Crippen LogP contribution in [0.5, 0.6) is 0 Å². The van der Waals surface area contributed by atoms with Gasteiger partial charge in [-0.3, -0.25) is 14.5 Å². The molecular formula is C24H23ClF6N4O2. The molecule has 1 aromatic carbocycles. The number of benzene rings is 1. The van der Waals surface area contributed by atoms with E-state index in [0.29, 0.717) is 4.90 Å². The highest BCUT2D eigenvalue weighted by Crippen LogP contribution is 2.59. The van der Waals surface area contributed by atoms with Crippen molar-refractivity contribution in [1.82, 2.24) is 15.3 Å². The zero-order valence-corrected chi connectivity index (χ0v) is 20.0. The van der Waals surface area contributed by atoms with Gasteiger partial charge in [0, 0.05) is 42.5 Å². The van der Waals surface area contributed by atoms with Crippen molar-refractivity contribution in [2.24, 2.45) is 0 Å². The zero-order chi connectivity index (χ0) is 27.9. The monoisotopic (exact) mass is 549 g/mol. The summed E-state index contributed by atoms with van der Waals surface area (Å²) in [7, 11) is 0. The van der Waals surface area contributed by atoms with E-state index in [0.717, 1.165) is 43.0 Å². The number of hydrogen-bond donors (Lipinski definition) is 1. The first-order valence-electron chi connectivity index (χ1n) is 11.9. The number of carbonyl (C=O) groups excluding carboxylic acids is 2. The van der Waals surface area contributed by atoms with E-state index in [1.165, 1.54) is 0 Å². The average Bonchev–Trinajstić information content (AvgIpc) is 3.68. The fourth-order valence-corrected chi connectivity index (χ4v) is 4.57. The van der Waals surface area contributed by atoms with Gasteiger partial charge in [0.15, 0.2) is 0 Å². The first-order valence-corrected chi connectivity index (χ1v) is 11.9. The maximum atomic E-state index is 14.2. The lowest BCUT2D eigenvalue weighted by Crippen LogP contribution is -2.49. The minimum atomic E-state index is -4.51. The molecule has 1 N–H and O–H groups in total. The molecule has 4 rings (SSSR count). The quantitative estimate of drug-likeness (QED) is 0.372. The van der Waals surface area contributed by atoms with E-state index in [4.69, 9.17) is 13.0 Å². The number of nitrogens with one attached hydrogen (secondary N) is 1. The minimum Gasteiger partial charge on any atom is -0.351 e. The highest BCUT2D eigenvalue weighted by Gasteiger charge is 2.64. The predicted molar refractivity (Wildman–Crippen MR) is 122 cm³/mol. The van der Waals surface area contributed by atoms with Crippen LogP contribution in [-0.4, -0.2) is 45.6 Å². The van der Waals surface area contributed by atoms with E-state index in [9.17, 15) is 35.9 Å². The van der Waals surface area contributed by atoms with Crippen LogP contribution in [0.25, 0.3) is 0 Å². The highest BCUT2D eigenvalue weighted by atomic mass is 35.5. The van der Waals surface area contributed by atoms with Crippen LogP contribution in [-0.2, 0) is 15.0 Å². The maximum Gasteiger partial charge on any atom is 0.398 e. The Balaban J connectivity index is 1.75. The number of carbonyl (C=O) groups is 2. The molecular weight excluding hydrogens is 526 g/mol. The van der Waals surface area contributed by atoms with E-state index in [2.05, 4.69) is 15.3 Å². The second-order valence-corrected chi connectivity index (χ2v) is 9.56. The Labute approximate surface area is 214 Å². The molecule has 0 unspecified atom stereocenters. The lowest BCUT2D eigenvalue weighted by molar-refractivity contribution is -0.160. The Kier molecular flexibility index (Phi) is 7.03. The summed E-state index contributed by atoms with van der Waals surface area (Å²) in [6.45, 7) is 0. The lowest BCUT2D eigenvalue weighted by atomic mass is 9.91. The van der Waals surface area contributed by atoms with Crippen LogP contribution in [0.4, 0.5) is 32.0 Å². The van der Waals surface area contributed by atoms with Crippen molar-refractivity contribution in [2.45, 2.75) is 73.7 Å². The second-order valence-electron chi connectivity index (χ2n) is 9.18. The number of rotatable bonds is 7. The van der Waals surface area contributed by atoms with Crippen LogP contribution in [0.2, 0.25) is 0 Å². The van der Waals surface area contributed by atoms with Gasteiger partial charge in [-0.2, -0.15) is 13.2 Å². The third kappa shape index (κ3) is 5.68. The van der Waals surface area contributed by atoms with Gasteiger partial charge < -0.3 is 5.32 Å². The van der Waals surface area contributed by atoms with Crippen molar-refractivity contribution in [3.63, 3.8) is 0 Å². The van der Waals surface area contributed by atoms with Crippen molar-refractivity contribution in [1.29, 1.82) is 0 Å². The molecule has 2 fully saturated rings. The van der Waals surface area contributed by atoms with Gasteiger partial charge in [-0.1, -0.05) is 23.7 Å². The number of aromatic nitrogens is 2. The van der Waals surface area contributed by atoms with Crippen LogP contribution < -0.4 is 10.2 Å². The van der Waals surface area contributed by atoms with Gasteiger partial charge in [-0.25, -0.2) is 23.1 Å². The second kappa shape index (κ2) is 10.1. The van der Waals surface area contributed by atoms with E-state index in [-0.39, 0.29) is 42.5 Å². The fourth-order valence-electron chi connectivity index (χ4n) is 4.48. The minimum absolute atomic E-state index is 0.0879. The summed E-state index contributed by atoms with van der Waals surface area (Å²) in [4.78, 5) is 34.5. The average molecular weight is 550 g/mol. The molecule has 2 atom stereocenters. The SMILES string of the molecule is [2H][C@](C(=O)NC1CCC(F)(F)CC1)(c1cncnc1)N(C(=O)[C@H](F)Cl)c1ccc(C2(C(F)(F)F)CC2)cc1. The molecule has 2 amide bonds. The number of nitrogens with zero attached hydrogens (tertiary/aromatic N) is 3. The van der Waals surface area contributed by atoms with Crippen LogP contribution in [0.1, 0.15) is 57.0 Å². The summed E-state index contributed by atoms with van der Waals surface area (Å²) in [5.74, 6) is -5.61. The van der Waals surface area contributed by atoms with Crippen molar-refractivity contribution in [2.75, 3.05) is 4.90 Å². The Morgan fingerprint density at radius 1 is 1.08 bits per heavy atom. The maximum absolute atomic E-state index is 14.2. The molecule has 0 radical (unpaired) electrons. The fraction of sp³-hybridized carbons (Fsp3) is 0.500.